The molecular weight excluding hydrogens is 733 g/mol. The third-order valence-corrected chi connectivity index (χ3v) is 11.4. The smallest absolute Gasteiger partial charge is 0.433 e. The summed E-state index contributed by atoms with van der Waals surface area (Å²) in [6, 6.07) is 9.68. The molecule has 3 amide bonds. The van der Waals surface area contributed by atoms with Crippen molar-refractivity contribution >= 4 is 45.3 Å². The topological polar surface area (TPSA) is 155 Å². The summed E-state index contributed by atoms with van der Waals surface area (Å²) >= 11 is 0. The molecule has 2 saturated heterocycles. The number of nitrogens with one attached hydrogen (secondary N) is 2. The number of carbonyl (C=O) groups is 3. The van der Waals surface area contributed by atoms with Crippen molar-refractivity contribution in [3.8, 4) is 11.5 Å². The summed E-state index contributed by atoms with van der Waals surface area (Å²) < 4.78 is 55.8. The fourth-order valence-corrected chi connectivity index (χ4v) is 8.55. The molecule has 56 heavy (non-hydrogen) atoms. The van der Waals surface area contributed by atoms with Crippen molar-refractivity contribution in [2.45, 2.75) is 62.7 Å². The number of aryl methyl sites for hydroxylation is 1. The van der Waals surface area contributed by atoms with Gasteiger partial charge in [-0.05, 0) is 87.4 Å². The zero-order valence-electron chi connectivity index (χ0n) is 31.1. The van der Waals surface area contributed by atoms with Gasteiger partial charge in [0.05, 0.1) is 42.5 Å². The largest absolute Gasteiger partial charge is 0.496 e. The van der Waals surface area contributed by atoms with Crippen molar-refractivity contribution < 1.29 is 37.0 Å². The molecule has 5 aromatic rings. The van der Waals surface area contributed by atoms with Crippen LogP contribution in [-0.2, 0) is 22.8 Å². The second-order valence-electron chi connectivity index (χ2n) is 14.9. The molecule has 3 fully saturated rings. The highest BCUT2D eigenvalue weighted by Gasteiger charge is 2.37. The summed E-state index contributed by atoms with van der Waals surface area (Å²) in [4.78, 5) is 57.0. The highest BCUT2D eigenvalue weighted by molar-refractivity contribution is 6.05. The number of amides is 3. The number of carbonyl (C=O) groups excluding carboxylic acids is 3. The third-order valence-electron chi connectivity index (χ3n) is 11.4. The van der Waals surface area contributed by atoms with Crippen LogP contribution in [0.4, 0.5) is 18.9 Å². The Hall–Kier alpha value is -5.71. The Morgan fingerprint density at radius 3 is 2.45 bits per heavy atom. The number of imide groups is 1. The fourth-order valence-electron chi connectivity index (χ4n) is 8.55. The molecule has 294 valence electrons. The lowest BCUT2D eigenvalue weighted by molar-refractivity contribution is -0.141. The molecule has 0 radical (unpaired) electrons. The number of aromatic nitrogens is 5. The summed E-state index contributed by atoms with van der Waals surface area (Å²) in [5.74, 6) is 0.0650. The average Bonchev–Trinajstić information content (AvgIpc) is 3.68. The molecule has 2 aromatic carbocycles. The van der Waals surface area contributed by atoms with Crippen LogP contribution in [0.3, 0.4) is 0 Å². The Labute approximate surface area is 318 Å². The minimum atomic E-state index is -4.68. The molecule has 3 aromatic heterocycles. The summed E-state index contributed by atoms with van der Waals surface area (Å²) in [6.07, 6.45) is 1.31. The van der Waals surface area contributed by atoms with Gasteiger partial charge >= 0.3 is 11.9 Å². The molecule has 14 nitrogen and oxygen atoms in total. The van der Waals surface area contributed by atoms with Gasteiger partial charge < -0.3 is 19.7 Å². The van der Waals surface area contributed by atoms with E-state index in [1.54, 1.807) is 30.9 Å². The number of imidazole rings is 1. The second-order valence-corrected chi connectivity index (χ2v) is 14.9. The van der Waals surface area contributed by atoms with Gasteiger partial charge in [0.1, 0.15) is 28.9 Å². The number of nitrogens with zero attached hydrogens (tertiary/aromatic N) is 6. The maximum absolute atomic E-state index is 13.6. The lowest BCUT2D eigenvalue weighted by atomic mass is 9.79. The molecule has 2 N–H and O–H groups in total. The Morgan fingerprint density at radius 1 is 1.00 bits per heavy atom. The molecule has 17 heteroatoms. The molecule has 2 aliphatic heterocycles. The van der Waals surface area contributed by atoms with Crippen LogP contribution >= 0.6 is 0 Å². The first-order chi connectivity index (χ1) is 26.8. The molecule has 8 rings (SSSR count). The lowest BCUT2D eigenvalue weighted by Crippen LogP contribution is -2.44. The van der Waals surface area contributed by atoms with Gasteiger partial charge in [-0.25, -0.2) is 9.78 Å². The minimum absolute atomic E-state index is 0.145. The number of ether oxygens (including phenoxy) is 2. The van der Waals surface area contributed by atoms with E-state index >= 15 is 0 Å². The standard InChI is InChI=1S/C39H41F3N8O6/c1-47-35-28(50(38(47)54)29-8-10-33(51)45-37(29)53)7-9-30(55-2)34(35)22-11-13-48(14-12-22)19-21-15-24(16-21)49-20-23-17-27(31(56-3)18-26(23)46-49)44-36(52)25-5-4-6-32(43-25)39(40,41)42/h4-7,9,17-18,20-22,24,29H,8,10-16,19H2,1-3H3,(H,44,52)(H,45,51,53). The van der Waals surface area contributed by atoms with Crippen LogP contribution in [-0.4, -0.2) is 80.4 Å². The summed E-state index contributed by atoms with van der Waals surface area (Å²) in [5.41, 5.74) is 1.52. The molecule has 0 spiro atoms. The SMILES string of the molecule is COc1cc2nn(C3CC(CN4CCC(c5c(OC)ccc6c5n(C)c(=O)n6C5CCC(=O)NC5=O)CC4)C3)cc2cc1NC(=O)c1cccc(C(F)(F)F)n1. The van der Waals surface area contributed by atoms with E-state index in [0.717, 1.165) is 73.9 Å². The maximum Gasteiger partial charge on any atom is 0.433 e. The van der Waals surface area contributed by atoms with E-state index < -0.39 is 29.7 Å². The number of benzene rings is 2. The van der Waals surface area contributed by atoms with E-state index in [0.29, 0.717) is 34.1 Å². The fraction of sp³-hybridized carbons (Fsp3) is 0.436. The van der Waals surface area contributed by atoms with Crippen LogP contribution in [0, 0.1) is 5.92 Å². The number of alkyl halides is 3. The second kappa shape index (κ2) is 14.4. The summed E-state index contributed by atoms with van der Waals surface area (Å²) in [7, 11) is 4.78. The molecule has 1 atom stereocenters. The van der Waals surface area contributed by atoms with Crippen molar-refractivity contribution in [3.05, 3.63) is 76.1 Å². The van der Waals surface area contributed by atoms with Gasteiger partial charge in [-0.2, -0.15) is 18.3 Å². The number of pyridine rings is 1. The number of hydrogen-bond acceptors (Lipinski definition) is 9. The zero-order valence-corrected chi connectivity index (χ0v) is 31.1. The first kappa shape index (κ1) is 37.2. The predicted octanol–water partition coefficient (Wildman–Crippen LogP) is 5.18. The minimum Gasteiger partial charge on any atom is -0.496 e. The molecule has 1 aliphatic carbocycles. The quantitative estimate of drug-likeness (QED) is 0.193. The summed E-state index contributed by atoms with van der Waals surface area (Å²) in [5, 5.41) is 10.5. The number of piperidine rings is 2. The molecule has 3 aliphatic rings. The first-order valence-corrected chi connectivity index (χ1v) is 18.6. The van der Waals surface area contributed by atoms with E-state index in [2.05, 4.69) is 20.5 Å². The zero-order chi connectivity index (χ0) is 39.5. The monoisotopic (exact) mass is 774 g/mol. The number of likely N-dealkylation sites (tertiary alicyclic amines) is 1. The van der Waals surface area contributed by atoms with Gasteiger partial charge in [0.15, 0.2) is 0 Å². The predicted molar refractivity (Wildman–Crippen MR) is 199 cm³/mol. The van der Waals surface area contributed by atoms with Gasteiger partial charge in [0, 0.05) is 43.2 Å². The molecule has 1 saturated carbocycles. The van der Waals surface area contributed by atoms with E-state index in [4.69, 9.17) is 14.6 Å². The third kappa shape index (κ3) is 6.77. The number of halogens is 3. The van der Waals surface area contributed by atoms with Gasteiger partial charge in [0.25, 0.3) is 5.91 Å². The Bertz CT molecular complexity index is 2420. The van der Waals surface area contributed by atoms with Crippen molar-refractivity contribution in [1.82, 2.24) is 34.1 Å². The maximum atomic E-state index is 13.6. The Kier molecular flexibility index (Phi) is 9.58. The van der Waals surface area contributed by atoms with Gasteiger partial charge in [0.2, 0.25) is 11.8 Å². The average molecular weight is 775 g/mol. The van der Waals surface area contributed by atoms with Crippen LogP contribution in [0.2, 0.25) is 0 Å². The molecular formula is C39H41F3N8O6. The van der Waals surface area contributed by atoms with E-state index in [-0.39, 0.29) is 42.1 Å². The van der Waals surface area contributed by atoms with Crippen LogP contribution < -0.4 is 25.8 Å². The number of hydrogen-bond donors (Lipinski definition) is 2. The Balaban J connectivity index is 0.908. The van der Waals surface area contributed by atoms with Gasteiger partial charge in [-0.3, -0.25) is 33.5 Å². The number of methoxy groups -OCH3 is 2. The van der Waals surface area contributed by atoms with Crippen LogP contribution in [0.1, 0.15) is 78.3 Å². The number of rotatable bonds is 9. The number of fused-ring (bicyclic) bond motifs is 2. The highest BCUT2D eigenvalue weighted by Crippen LogP contribution is 2.43. The normalized spacial score (nSPS) is 20.9. The van der Waals surface area contributed by atoms with Crippen LogP contribution in [0.5, 0.6) is 11.5 Å². The number of anilines is 1. The van der Waals surface area contributed by atoms with Crippen LogP contribution in [0.25, 0.3) is 21.9 Å². The summed E-state index contributed by atoms with van der Waals surface area (Å²) in [6.45, 7) is 2.70. The Morgan fingerprint density at radius 2 is 1.75 bits per heavy atom. The molecule has 5 heterocycles. The van der Waals surface area contributed by atoms with E-state index in [1.165, 1.54) is 17.7 Å². The van der Waals surface area contributed by atoms with Crippen LogP contribution in [0.15, 0.2) is 53.5 Å². The molecule has 0 bridgehead atoms. The first-order valence-electron chi connectivity index (χ1n) is 18.6. The van der Waals surface area contributed by atoms with Gasteiger partial charge in [-0.1, -0.05) is 6.07 Å². The van der Waals surface area contributed by atoms with Crippen molar-refractivity contribution in [1.29, 1.82) is 0 Å². The van der Waals surface area contributed by atoms with Crippen molar-refractivity contribution in [3.63, 3.8) is 0 Å². The highest BCUT2D eigenvalue weighted by atomic mass is 19.4. The van der Waals surface area contributed by atoms with E-state index in [9.17, 15) is 32.3 Å². The molecule has 1 unspecified atom stereocenters. The van der Waals surface area contributed by atoms with Crippen molar-refractivity contribution in [2.75, 3.05) is 39.2 Å². The van der Waals surface area contributed by atoms with Gasteiger partial charge in [-0.15, -0.1) is 0 Å². The van der Waals surface area contributed by atoms with Crippen molar-refractivity contribution in [2.24, 2.45) is 13.0 Å². The lowest BCUT2D eigenvalue weighted by Gasteiger charge is -2.41. The van der Waals surface area contributed by atoms with E-state index in [1.807, 2.05) is 23.0 Å².